The lowest BCUT2D eigenvalue weighted by Crippen LogP contribution is -2.57. The number of hydrogen-bond acceptors (Lipinski definition) is 5. The third-order valence-corrected chi connectivity index (χ3v) is 6.40. The number of nitrogens with one attached hydrogen (secondary N) is 1. The highest BCUT2D eigenvalue weighted by molar-refractivity contribution is 5.70. The SMILES string of the molecule is CC(C)N(C(=O)OCc1ccccc1)[C@@H]1CC[C@H](CCCNC2CC2)N(C(=O)OC(C)(C)C)C1. The molecule has 1 aliphatic carbocycles. The minimum absolute atomic E-state index is 0.0342. The maximum absolute atomic E-state index is 13.1. The molecular formula is C27H43N3O4. The van der Waals surface area contributed by atoms with E-state index in [9.17, 15) is 9.59 Å². The van der Waals surface area contributed by atoms with Gasteiger partial charge in [0, 0.05) is 24.7 Å². The molecule has 1 aromatic rings. The van der Waals surface area contributed by atoms with Crippen molar-refractivity contribution >= 4 is 12.2 Å². The molecule has 1 saturated carbocycles. The third kappa shape index (κ3) is 8.19. The molecule has 2 amide bonds. The number of piperidine rings is 1. The smallest absolute Gasteiger partial charge is 0.410 e. The summed E-state index contributed by atoms with van der Waals surface area (Å²) in [5.41, 5.74) is 0.396. The number of carbonyl (C=O) groups is 2. The molecule has 190 valence electrons. The Bertz CT molecular complexity index is 789. The lowest BCUT2D eigenvalue weighted by Gasteiger charge is -2.44. The largest absolute Gasteiger partial charge is 0.445 e. The average Bonchev–Trinajstić information content (AvgIpc) is 3.60. The van der Waals surface area contributed by atoms with Gasteiger partial charge in [-0.25, -0.2) is 9.59 Å². The highest BCUT2D eigenvalue weighted by Crippen LogP contribution is 2.28. The van der Waals surface area contributed by atoms with Crippen LogP contribution in [-0.2, 0) is 16.1 Å². The minimum Gasteiger partial charge on any atom is -0.445 e. The Morgan fingerprint density at radius 1 is 1.12 bits per heavy atom. The van der Waals surface area contributed by atoms with E-state index in [0.29, 0.717) is 12.6 Å². The van der Waals surface area contributed by atoms with E-state index in [1.165, 1.54) is 12.8 Å². The third-order valence-electron chi connectivity index (χ3n) is 6.40. The molecule has 1 aromatic carbocycles. The van der Waals surface area contributed by atoms with Gasteiger partial charge in [0.1, 0.15) is 12.2 Å². The molecule has 0 radical (unpaired) electrons. The highest BCUT2D eigenvalue weighted by Gasteiger charge is 2.39. The molecule has 7 nitrogen and oxygen atoms in total. The fraction of sp³-hybridized carbons (Fsp3) is 0.704. The monoisotopic (exact) mass is 473 g/mol. The van der Waals surface area contributed by atoms with Crippen LogP contribution in [0.5, 0.6) is 0 Å². The summed E-state index contributed by atoms with van der Waals surface area (Å²) < 4.78 is 11.4. The van der Waals surface area contributed by atoms with Crippen molar-refractivity contribution in [2.24, 2.45) is 0 Å². The van der Waals surface area contributed by atoms with E-state index in [-0.39, 0.29) is 36.9 Å². The summed E-state index contributed by atoms with van der Waals surface area (Å²) >= 11 is 0. The standard InChI is InChI=1S/C27H43N3O4/c1-20(2)30(26(32)33-19-21-10-7-6-8-11-21)24-16-15-23(12-9-17-28-22-13-14-22)29(18-24)25(31)34-27(3,4)5/h6-8,10-11,20,22-24,28H,9,12-19H2,1-5H3/t23-,24+/m0/s1. The molecule has 0 spiro atoms. The van der Waals surface area contributed by atoms with E-state index in [1.807, 2.05) is 69.9 Å². The van der Waals surface area contributed by atoms with Gasteiger partial charge in [-0.05, 0) is 85.3 Å². The average molecular weight is 474 g/mol. The number of nitrogens with zero attached hydrogens (tertiary/aromatic N) is 2. The number of benzene rings is 1. The maximum Gasteiger partial charge on any atom is 0.410 e. The molecule has 0 aromatic heterocycles. The predicted octanol–water partition coefficient (Wildman–Crippen LogP) is 5.33. The Balaban J connectivity index is 1.64. The molecule has 34 heavy (non-hydrogen) atoms. The highest BCUT2D eigenvalue weighted by atomic mass is 16.6. The summed E-state index contributed by atoms with van der Waals surface area (Å²) in [4.78, 5) is 29.9. The Hall–Kier alpha value is -2.28. The van der Waals surface area contributed by atoms with E-state index < -0.39 is 5.60 Å². The number of rotatable bonds is 9. The van der Waals surface area contributed by atoms with Gasteiger partial charge in [-0.2, -0.15) is 0 Å². The molecule has 7 heteroatoms. The van der Waals surface area contributed by atoms with Gasteiger partial charge in [-0.3, -0.25) is 0 Å². The first-order chi connectivity index (χ1) is 16.1. The topological polar surface area (TPSA) is 71.1 Å². The summed E-state index contributed by atoms with van der Waals surface area (Å²) in [6.45, 7) is 11.4. The van der Waals surface area contributed by atoms with Crippen LogP contribution in [0.25, 0.3) is 0 Å². The summed E-state index contributed by atoms with van der Waals surface area (Å²) in [5.74, 6) is 0. The second kappa shape index (κ2) is 11.9. The molecule has 0 bridgehead atoms. The number of hydrogen-bond donors (Lipinski definition) is 1. The zero-order valence-electron chi connectivity index (χ0n) is 21.6. The maximum atomic E-state index is 13.1. The first-order valence-electron chi connectivity index (χ1n) is 12.9. The molecule has 0 unspecified atom stereocenters. The lowest BCUT2D eigenvalue weighted by molar-refractivity contribution is -0.0111. The van der Waals surface area contributed by atoms with Gasteiger partial charge in [-0.1, -0.05) is 30.3 Å². The molecule has 1 N–H and O–H groups in total. The van der Waals surface area contributed by atoms with Crippen molar-refractivity contribution in [2.45, 2.75) is 110 Å². The van der Waals surface area contributed by atoms with Crippen LogP contribution in [0.1, 0.15) is 78.7 Å². The van der Waals surface area contributed by atoms with Crippen LogP contribution in [0.2, 0.25) is 0 Å². The van der Waals surface area contributed by atoms with Crippen LogP contribution in [0.3, 0.4) is 0 Å². The van der Waals surface area contributed by atoms with Gasteiger partial charge in [0.15, 0.2) is 0 Å². The van der Waals surface area contributed by atoms with Crippen LogP contribution < -0.4 is 5.32 Å². The van der Waals surface area contributed by atoms with E-state index in [2.05, 4.69) is 5.32 Å². The molecule has 2 fully saturated rings. The summed E-state index contributed by atoms with van der Waals surface area (Å²) in [6, 6.07) is 10.4. The second-order valence-corrected chi connectivity index (χ2v) is 10.9. The van der Waals surface area contributed by atoms with Crippen LogP contribution in [0, 0.1) is 0 Å². The van der Waals surface area contributed by atoms with Gasteiger partial charge < -0.3 is 24.6 Å². The van der Waals surface area contributed by atoms with E-state index in [4.69, 9.17) is 9.47 Å². The molecule has 3 rings (SSSR count). The van der Waals surface area contributed by atoms with Crippen molar-refractivity contribution in [3.8, 4) is 0 Å². The lowest BCUT2D eigenvalue weighted by atomic mass is 9.93. The van der Waals surface area contributed by atoms with Crippen molar-refractivity contribution in [1.29, 1.82) is 0 Å². The zero-order chi connectivity index (χ0) is 24.7. The van der Waals surface area contributed by atoms with Gasteiger partial charge in [0.05, 0.1) is 6.04 Å². The van der Waals surface area contributed by atoms with Gasteiger partial charge in [0.25, 0.3) is 0 Å². The molecule has 1 heterocycles. The van der Waals surface area contributed by atoms with E-state index in [1.54, 1.807) is 4.90 Å². The first-order valence-corrected chi connectivity index (χ1v) is 12.9. The van der Waals surface area contributed by atoms with Gasteiger partial charge in [-0.15, -0.1) is 0 Å². The molecular weight excluding hydrogens is 430 g/mol. The summed E-state index contributed by atoms with van der Waals surface area (Å²) in [6.07, 6.45) is 5.59. The quantitative estimate of drug-likeness (QED) is 0.491. The second-order valence-electron chi connectivity index (χ2n) is 10.9. The molecule has 2 aliphatic rings. The Morgan fingerprint density at radius 2 is 1.82 bits per heavy atom. The van der Waals surface area contributed by atoms with Gasteiger partial charge >= 0.3 is 12.2 Å². The van der Waals surface area contributed by atoms with Crippen molar-refractivity contribution in [1.82, 2.24) is 15.1 Å². The van der Waals surface area contributed by atoms with Crippen molar-refractivity contribution in [3.05, 3.63) is 35.9 Å². The number of ether oxygens (including phenoxy) is 2. The van der Waals surface area contributed by atoms with E-state index >= 15 is 0 Å². The van der Waals surface area contributed by atoms with Gasteiger partial charge in [0.2, 0.25) is 0 Å². The molecule has 1 saturated heterocycles. The van der Waals surface area contributed by atoms with Crippen molar-refractivity contribution in [2.75, 3.05) is 13.1 Å². The number of amides is 2. The fourth-order valence-corrected chi connectivity index (χ4v) is 4.59. The van der Waals surface area contributed by atoms with Crippen LogP contribution in [0.4, 0.5) is 9.59 Å². The normalized spacial score (nSPS) is 20.8. The fourth-order valence-electron chi connectivity index (χ4n) is 4.59. The Labute approximate surface area is 205 Å². The predicted molar refractivity (Wildman–Crippen MR) is 134 cm³/mol. The first kappa shape index (κ1) is 26.3. The summed E-state index contributed by atoms with van der Waals surface area (Å²) in [5, 5.41) is 3.56. The van der Waals surface area contributed by atoms with E-state index in [0.717, 1.165) is 37.8 Å². The van der Waals surface area contributed by atoms with Crippen LogP contribution in [0.15, 0.2) is 30.3 Å². The Kier molecular flexibility index (Phi) is 9.23. The number of carbonyl (C=O) groups excluding carboxylic acids is 2. The van der Waals surface area contributed by atoms with Crippen LogP contribution in [-0.4, -0.2) is 64.8 Å². The molecule has 1 aliphatic heterocycles. The van der Waals surface area contributed by atoms with Crippen molar-refractivity contribution < 1.29 is 19.1 Å². The minimum atomic E-state index is -0.561. The summed E-state index contributed by atoms with van der Waals surface area (Å²) in [7, 11) is 0. The molecule has 2 atom stereocenters. The number of likely N-dealkylation sites (tertiary alicyclic amines) is 1. The van der Waals surface area contributed by atoms with Crippen LogP contribution >= 0.6 is 0 Å². The Morgan fingerprint density at radius 3 is 2.44 bits per heavy atom. The van der Waals surface area contributed by atoms with Crippen molar-refractivity contribution in [3.63, 3.8) is 0 Å². The zero-order valence-corrected chi connectivity index (χ0v) is 21.6.